The maximum absolute atomic E-state index is 12.5. The van der Waals surface area contributed by atoms with Crippen LogP contribution in [0.1, 0.15) is 17.0 Å². The van der Waals surface area contributed by atoms with Gasteiger partial charge in [0, 0.05) is 12.5 Å². The SMILES string of the molecule is NCC(COc1ccc(C(F)(F)F)cc1)c1ccc(O)cc1. The van der Waals surface area contributed by atoms with Gasteiger partial charge in [-0.25, -0.2) is 0 Å². The molecule has 0 radical (unpaired) electrons. The lowest BCUT2D eigenvalue weighted by Gasteiger charge is -2.17. The first-order chi connectivity index (χ1) is 10.4. The van der Waals surface area contributed by atoms with Crippen molar-refractivity contribution in [3.8, 4) is 11.5 Å². The molecule has 0 fully saturated rings. The van der Waals surface area contributed by atoms with E-state index in [9.17, 15) is 18.3 Å². The molecule has 0 amide bonds. The minimum absolute atomic E-state index is 0.108. The third-order valence-electron chi connectivity index (χ3n) is 3.28. The number of rotatable bonds is 5. The molecule has 3 N–H and O–H groups in total. The molecule has 2 aromatic rings. The van der Waals surface area contributed by atoms with Gasteiger partial charge in [0.15, 0.2) is 0 Å². The molecule has 0 spiro atoms. The Bertz CT molecular complexity index is 594. The number of phenolic OH excluding ortho intramolecular Hbond substituents is 1. The van der Waals surface area contributed by atoms with Gasteiger partial charge < -0.3 is 15.6 Å². The van der Waals surface area contributed by atoms with E-state index in [4.69, 9.17) is 10.5 Å². The molecule has 2 aromatic carbocycles. The third-order valence-corrected chi connectivity index (χ3v) is 3.28. The van der Waals surface area contributed by atoms with Crippen LogP contribution in [0, 0.1) is 0 Å². The number of hydrogen-bond acceptors (Lipinski definition) is 3. The Morgan fingerprint density at radius 3 is 2.09 bits per heavy atom. The predicted octanol–water partition coefficient (Wildman–Crippen LogP) is 3.53. The standard InChI is InChI=1S/C16H16F3NO2/c17-16(18,19)13-3-7-15(8-4-13)22-10-12(9-20)11-1-5-14(21)6-2-11/h1-8,12,21H,9-10,20H2. The summed E-state index contributed by atoms with van der Waals surface area (Å²) in [5, 5.41) is 9.26. The van der Waals surface area contributed by atoms with Gasteiger partial charge in [-0.1, -0.05) is 12.1 Å². The number of aromatic hydroxyl groups is 1. The quantitative estimate of drug-likeness (QED) is 0.888. The van der Waals surface area contributed by atoms with Crippen molar-refractivity contribution in [3.63, 3.8) is 0 Å². The molecule has 0 aliphatic heterocycles. The van der Waals surface area contributed by atoms with Crippen molar-refractivity contribution < 1.29 is 23.0 Å². The van der Waals surface area contributed by atoms with E-state index in [-0.39, 0.29) is 18.3 Å². The molecule has 6 heteroatoms. The summed E-state index contributed by atoms with van der Waals surface area (Å²) < 4.78 is 42.9. The fraction of sp³-hybridized carbons (Fsp3) is 0.250. The molecule has 0 saturated carbocycles. The van der Waals surface area contributed by atoms with Crippen molar-refractivity contribution in [2.45, 2.75) is 12.1 Å². The van der Waals surface area contributed by atoms with Crippen molar-refractivity contribution in [1.29, 1.82) is 0 Å². The first-order valence-corrected chi connectivity index (χ1v) is 6.69. The summed E-state index contributed by atoms with van der Waals surface area (Å²) in [6.45, 7) is 0.568. The second-order valence-electron chi connectivity index (χ2n) is 4.86. The van der Waals surface area contributed by atoms with Gasteiger partial charge in [-0.2, -0.15) is 13.2 Å². The summed E-state index contributed by atoms with van der Waals surface area (Å²) in [5.41, 5.74) is 5.88. The van der Waals surface area contributed by atoms with Crippen LogP contribution in [0.4, 0.5) is 13.2 Å². The highest BCUT2D eigenvalue weighted by molar-refractivity contribution is 5.30. The fourth-order valence-electron chi connectivity index (χ4n) is 1.98. The van der Waals surface area contributed by atoms with Crippen molar-refractivity contribution >= 4 is 0 Å². The van der Waals surface area contributed by atoms with E-state index in [0.717, 1.165) is 17.7 Å². The number of nitrogens with two attached hydrogens (primary N) is 1. The van der Waals surface area contributed by atoms with E-state index < -0.39 is 11.7 Å². The van der Waals surface area contributed by atoms with Gasteiger partial charge in [-0.3, -0.25) is 0 Å². The Labute approximate surface area is 126 Å². The highest BCUT2D eigenvalue weighted by atomic mass is 19.4. The zero-order valence-electron chi connectivity index (χ0n) is 11.7. The zero-order chi connectivity index (χ0) is 16.2. The molecule has 22 heavy (non-hydrogen) atoms. The highest BCUT2D eigenvalue weighted by Gasteiger charge is 2.30. The highest BCUT2D eigenvalue weighted by Crippen LogP contribution is 2.30. The van der Waals surface area contributed by atoms with Gasteiger partial charge in [-0.05, 0) is 42.0 Å². The number of hydrogen-bond donors (Lipinski definition) is 2. The first-order valence-electron chi connectivity index (χ1n) is 6.69. The van der Waals surface area contributed by atoms with Crippen LogP contribution in [0.25, 0.3) is 0 Å². The number of benzene rings is 2. The second-order valence-corrected chi connectivity index (χ2v) is 4.86. The van der Waals surface area contributed by atoms with E-state index in [0.29, 0.717) is 12.3 Å². The normalized spacial score (nSPS) is 12.9. The van der Waals surface area contributed by atoms with E-state index in [2.05, 4.69) is 0 Å². The van der Waals surface area contributed by atoms with Crippen molar-refractivity contribution in [1.82, 2.24) is 0 Å². The Morgan fingerprint density at radius 1 is 1.00 bits per heavy atom. The Balaban J connectivity index is 2.00. The smallest absolute Gasteiger partial charge is 0.416 e. The Kier molecular flexibility index (Phi) is 4.92. The van der Waals surface area contributed by atoms with E-state index in [1.54, 1.807) is 24.3 Å². The third kappa shape index (κ3) is 4.14. The van der Waals surface area contributed by atoms with Gasteiger partial charge in [0.05, 0.1) is 12.2 Å². The number of phenols is 1. The molecule has 2 rings (SSSR count). The monoisotopic (exact) mass is 311 g/mol. The molecule has 0 saturated heterocycles. The number of alkyl halides is 3. The van der Waals surface area contributed by atoms with Gasteiger partial charge in [0.2, 0.25) is 0 Å². The molecule has 1 atom stereocenters. The molecule has 1 unspecified atom stereocenters. The van der Waals surface area contributed by atoms with Crippen molar-refractivity contribution in [2.75, 3.05) is 13.2 Å². The lowest BCUT2D eigenvalue weighted by Crippen LogP contribution is -2.19. The molecule has 3 nitrogen and oxygen atoms in total. The van der Waals surface area contributed by atoms with Crippen LogP contribution in [0.5, 0.6) is 11.5 Å². The minimum Gasteiger partial charge on any atom is -0.508 e. The van der Waals surface area contributed by atoms with Crippen LogP contribution < -0.4 is 10.5 Å². The molecule has 0 heterocycles. The summed E-state index contributed by atoms with van der Waals surface area (Å²) >= 11 is 0. The van der Waals surface area contributed by atoms with Crippen LogP contribution >= 0.6 is 0 Å². The summed E-state index contributed by atoms with van der Waals surface area (Å²) in [6, 6.07) is 11.1. The van der Waals surface area contributed by atoms with Crippen LogP contribution in [0.3, 0.4) is 0 Å². The molecular weight excluding hydrogens is 295 g/mol. The predicted molar refractivity (Wildman–Crippen MR) is 76.8 cm³/mol. The van der Waals surface area contributed by atoms with Crippen LogP contribution in [-0.2, 0) is 6.18 Å². The summed E-state index contributed by atoms with van der Waals surface area (Å²) in [6.07, 6.45) is -4.36. The van der Waals surface area contributed by atoms with Gasteiger partial charge in [0.25, 0.3) is 0 Å². The maximum atomic E-state index is 12.5. The topological polar surface area (TPSA) is 55.5 Å². The van der Waals surface area contributed by atoms with Gasteiger partial charge >= 0.3 is 6.18 Å². The molecule has 0 aliphatic carbocycles. The average molecular weight is 311 g/mol. The minimum atomic E-state index is -4.36. The van der Waals surface area contributed by atoms with Crippen LogP contribution in [0.2, 0.25) is 0 Å². The van der Waals surface area contributed by atoms with E-state index >= 15 is 0 Å². The molecular formula is C16H16F3NO2. The molecule has 0 aromatic heterocycles. The molecule has 118 valence electrons. The summed E-state index contributed by atoms with van der Waals surface area (Å²) in [5.74, 6) is 0.399. The molecule has 0 aliphatic rings. The largest absolute Gasteiger partial charge is 0.508 e. The van der Waals surface area contributed by atoms with E-state index in [1.807, 2.05) is 0 Å². The van der Waals surface area contributed by atoms with Crippen molar-refractivity contribution in [2.24, 2.45) is 5.73 Å². The average Bonchev–Trinajstić information content (AvgIpc) is 2.49. The zero-order valence-corrected chi connectivity index (χ0v) is 11.7. The van der Waals surface area contributed by atoms with Crippen LogP contribution in [-0.4, -0.2) is 18.3 Å². The molecule has 0 bridgehead atoms. The van der Waals surface area contributed by atoms with E-state index in [1.165, 1.54) is 12.1 Å². The van der Waals surface area contributed by atoms with Crippen LogP contribution in [0.15, 0.2) is 48.5 Å². The second kappa shape index (κ2) is 6.70. The Morgan fingerprint density at radius 2 is 1.59 bits per heavy atom. The number of ether oxygens (including phenoxy) is 1. The first kappa shape index (κ1) is 16.2. The summed E-state index contributed by atoms with van der Waals surface area (Å²) in [7, 11) is 0. The van der Waals surface area contributed by atoms with Crippen molar-refractivity contribution in [3.05, 3.63) is 59.7 Å². The maximum Gasteiger partial charge on any atom is 0.416 e. The summed E-state index contributed by atoms with van der Waals surface area (Å²) in [4.78, 5) is 0. The van der Waals surface area contributed by atoms with Gasteiger partial charge in [-0.15, -0.1) is 0 Å². The lowest BCUT2D eigenvalue weighted by atomic mass is 10.0. The fourth-order valence-corrected chi connectivity index (χ4v) is 1.98. The lowest BCUT2D eigenvalue weighted by molar-refractivity contribution is -0.137. The Hall–Kier alpha value is -2.21. The number of halogens is 3. The van der Waals surface area contributed by atoms with Gasteiger partial charge in [0.1, 0.15) is 11.5 Å².